The Labute approximate surface area is 99.3 Å². The molecule has 88 valence electrons. The molecule has 0 spiro atoms. The summed E-state index contributed by atoms with van der Waals surface area (Å²) < 4.78 is 18.2. The number of halogens is 1. The molecular weight excluding hydrogens is 219 g/mol. The quantitative estimate of drug-likeness (QED) is 0.880. The number of aromatic nitrogens is 1. The zero-order chi connectivity index (χ0) is 12.1. The van der Waals surface area contributed by atoms with E-state index >= 15 is 0 Å². The Balaban J connectivity index is 2.05. The average molecular weight is 232 g/mol. The van der Waals surface area contributed by atoms with Crippen molar-refractivity contribution in [3.63, 3.8) is 0 Å². The predicted molar refractivity (Wildman–Crippen MR) is 63.5 cm³/mol. The summed E-state index contributed by atoms with van der Waals surface area (Å²) in [6, 6.07) is 9.60. The molecule has 0 atom stereocenters. The fraction of sp³-hybridized carbons (Fsp3) is 0.154. The van der Waals surface area contributed by atoms with Crippen LogP contribution in [0.5, 0.6) is 11.5 Å². The van der Waals surface area contributed by atoms with Crippen LogP contribution in [0, 0.1) is 5.82 Å². The van der Waals surface area contributed by atoms with Crippen LogP contribution in [0.15, 0.2) is 42.6 Å². The minimum Gasteiger partial charge on any atom is -0.456 e. The van der Waals surface area contributed by atoms with E-state index in [0.29, 0.717) is 11.5 Å². The number of pyridine rings is 1. The first-order valence-electron chi connectivity index (χ1n) is 5.31. The van der Waals surface area contributed by atoms with E-state index in [9.17, 15) is 4.39 Å². The molecule has 0 saturated carbocycles. The Morgan fingerprint density at radius 2 is 1.82 bits per heavy atom. The topological polar surface area (TPSA) is 34.1 Å². The van der Waals surface area contributed by atoms with Crippen molar-refractivity contribution in [3.05, 3.63) is 54.1 Å². The van der Waals surface area contributed by atoms with Crippen LogP contribution in [0.25, 0.3) is 0 Å². The van der Waals surface area contributed by atoms with Crippen LogP contribution in [0.3, 0.4) is 0 Å². The van der Waals surface area contributed by atoms with Gasteiger partial charge in [-0.2, -0.15) is 0 Å². The van der Waals surface area contributed by atoms with Gasteiger partial charge in [0.2, 0.25) is 0 Å². The van der Waals surface area contributed by atoms with Crippen molar-refractivity contribution in [2.24, 2.45) is 0 Å². The zero-order valence-electron chi connectivity index (χ0n) is 9.48. The van der Waals surface area contributed by atoms with Crippen LogP contribution in [-0.4, -0.2) is 12.0 Å². The highest BCUT2D eigenvalue weighted by Gasteiger charge is 1.99. The number of nitrogens with zero attached hydrogens (tertiary/aromatic N) is 1. The van der Waals surface area contributed by atoms with E-state index in [2.05, 4.69) is 10.3 Å². The van der Waals surface area contributed by atoms with Crippen LogP contribution >= 0.6 is 0 Å². The molecule has 0 bridgehead atoms. The molecule has 1 aromatic carbocycles. The highest BCUT2D eigenvalue weighted by Crippen LogP contribution is 2.20. The van der Waals surface area contributed by atoms with Crippen LogP contribution in [0.4, 0.5) is 4.39 Å². The third-order valence-electron chi connectivity index (χ3n) is 2.20. The van der Waals surface area contributed by atoms with E-state index < -0.39 is 0 Å². The number of hydrogen-bond acceptors (Lipinski definition) is 3. The van der Waals surface area contributed by atoms with Crippen molar-refractivity contribution in [2.75, 3.05) is 7.05 Å². The Hall–Kier alpha value is -1.94. The first kappa shape index (κ1) is 11.5. The monoisotopic (exact) mass is 232 g/mol. The summed E-state index contributed by atoms with van der Waals surface area (Å²) in [6.07, 6.45) is 1.65. The first-order chi connectivity index (χ1) is 8.28. The van der Waals surface area contributed by atoms with Gasteiger partial charge in [0.15, 0.2) is 0 Å². The maximum Gasteiger partial charge on any atom is 0.145 e. The minimum atomic E-state index is -0.278. The standard InChI is InChI=1S/C13H13FN2O/c1-15-8-11-4-7-13(9-16-11)17-12-5-2-10(14)3-6-12/h2-7,9,15H,8H2,1H3. The van der Waals surface area contributed by atoms with Gasteiger partial charge in [0.1, 0.15) is 17.3 Å². The molecular formula is C13H13FN2O. The number of hydrogen-bond donors (Lipinski definition) is 1. The van der Waals surface area contributed by atoms with Gasteiger partial charge in [-0.3, -0.25) is 4.98 Å². The van der Waals surface area contributed by atoms with Gasteiger partial charge in [-0.1, -0.05) is 0 Å². The second-order valence-corrected chi connectivity index (χ2v) is 3.57. The highest BCUT2D eigenvalue weighted by molar-refractivity contribution is 5.29. The zero-order valence-corrected chi connectivity index (χ0v) is 9.48. The van der Waals surface area contributed by atoms with Crippen molar-refractivity contribution in [1.82, 2.24) is 10.3 Å². The summed E-state index contributed by atoms with van der Waals surface area (Å²) in [5.74, 6) is 0.950. The second kappa shape index (κ2) is 5.41. The lowest BCUT2D eigenvalue weighted by Crippen LogP contribution is -2.06. The van der Waals surface area contributed by atoms with E-state index in [1.807, 2.05) is 19.2 Å². The maximum absolute atomic E-state index is 12.7. The maximum atomic E-state index is 12.7. The van der Waals surface area contributed by atoms with E-state index in [0.717, 1.165) is 12.2 Å². The third-order valence-corrected chi connectivity index (χ3v) is 2.20. The lowest BCUT2D eigenvalue weighted by atomic mass is 10.3. The molecule has 0 radical (unpaired) electrons. The van der Waals surface area contributed by atoms with Gasteiger partial charge in [0.05, 0.1) is 11.9 Å². The molecule has 4 heteroatoms. The van der Waals surface area contributed by atoms with Crippen LogP contribution in [0.2, 0.25) is 0 Å². The number of benzene rings is 1. The van der Waals surface area contributed by atoms with E-state index in [1.54, 1.807) is 18.3 Å². The minimum absolute atomic E-state index is 0.278. The fourth-order valence-corrected chi connectivity index (χ4v) is 1.40. The van der Waals surface area contributed by atoms with E-state index in [-0.39, 0.29) is 5.82 Å². The largest absolute Gasteiger partial charge is 0.456 e. The number of ether oxygens (including phenoxy) is 1. The second-order valence-electron chi connectivity index (χ2n) is 3.57. The summed E-state index contributed by atoms with van der Waals surface area (Å²) >= 11 is 0. The molecule has 1 N–H and O–H groups in total. The SMILES string of the molecule is CNCc1ccc(Oc2ccc(F)cc2)cn1. The van der Waals surface area contributed by atoms with Gasteiger partial charge in [-0.25, -0.2) is 4.39 Å². The molecule has 0 amide bonds. The summed E-state index contributed by atoms with van der Waals surface area (Å²) in [7, 11) is 1.87. The van der Waals surface area contributed by atoms with Crippen molar-refractivity contribution < 1.29 is 9.13 Å². The molecule has 0 saturated heterocycles. The molecule has 0 aliphatic rings. The number of rotatable bonds is 4. The van der Waals surface area contributed by atoms with Crippen LogP contribution in [-0.2, 0) is 6.54 Å². The van der Waals surface area contributed by atoms with Crippen LogP contribution in [0.1, 0.15) is 5.69 Å². The van der Waals surface area contributed by atoms with Gasteiger partial charge < -0.3 is 10.1 Å². The van der Waals surface area contributed by atoms with Gasteiger partial charge >= 0.3 is 0 Å². The fourth-order valence-electron chi connectivity index (χ4n) is 1.40. The Morgan fingerprint density at radius 3 is 2.41 bits per heavy atom. The Morgan fingerprint density at radius 1 is 1.12 bits per heavy atom. The lowest BCUT2D eigenvalue weighted by molar-refractivity contribution is 0.477. The summed E-state index contributed by atoms with van der Waals surface area (Å²) in [6.45, 7) is 0.719. The van der Waals surface area contributed by atoms with E-state index in [4.69, 9.17) is 4.74 Å². The molecule has 0 unspecified atom stereocenters. The molecule has 0 aliphatic heterocycles. The normalized spacial score (nSPS) is 10.2. The van der Waals surface area contributed by atoms with Gasteiger partial charge in [0.25, 0.3) is 0 Å². The summed E-state index contributed by atoms with van der Waals surface area (Å²) in [5, 5.41) is 3.01. The highest BCUT2D eigenvalue weighted by atomic mass is 19.1. The molecule has 2 aromatic rings. The molecule has 0 fully saturated rings. The Bertz CT molecular complexity index is 468. The molecule has 3 nitrogen and oxygen atoms in total. The third kappa shape index (κ3) is 3.26. The smallest absolute Gasteiger partial charge is 0.145 e. The van der Waals surface area contributed by atoms with E-state index in [1.165, 1.54) is 12.1 Å². The van der Waals surface area contributed by atoms with Crippen molar-refractivity contribution in [1.29, 1.82) is 0 Å². The van der Waals surface area contributed by atoms with Crippen LogP contribution < -0.4 is 10.1 Å². The predicted octanol–water partition coefficient (Wildman–Crippen LogP) is 2.73. The Kier molecular flexibility index (Phi) is 3.67. The average Bonchev–Trinajstić information content (AvgIpc) is 2.35. The van der Waals surface area contributed by atoms with Gasteiger partial charge in [0, 0.05) is 6.54 Å². The lowest BCUT2D eigenvalue weighted by Gasteiger charge is -2.05. The molecule has 1 heterocycles. The van der Waals surface area contributed by atoms with Crippen molar-refractivity contribution in [2.45, 2.75) is 6.54 Å². The summed E-state index contributed by atoms with van der Waals surface area (Å²) in [4.78, 5) is 4.22. The van der Waals surface area contributed by atoms with Gasteiger partial charge in [-0.15, -0.1) is 0 Å². The first-order valence-corrected chi connectivity index (χ1v) is 5.31. The molecule has 1 aromatic heterocycles. The van der Waals surface area contributed by atoms with Gasteiger partial charge in [-0.05, 0) is 43.4 Å². The molecule has 2 rings (SSSR count). The van der Waals surface area contributed by atoms with Crippen molar-refractivity contribution >= 4 is 0 Å². The number of nitrogens with one attached hydrogen (secondary N) is 1. The summed E-state index contributed by atoms with van der Waals surface area (Å²) in [5.41, 5.74) is 0.943. The molecule has 17 heavy (non-hydrogen) atoms. The van der Waals surface area contributed by atoms with Crippen molar-refractivity contribution in [3.8, 4) is 11.5 Å². The molecule has 0 aliphatic carbocycles.